The molecule has 3 aliphatic carbocycles. The van der Waals surface area contributed by atoms with E-state index in [1.807, 2.05) is 37.3 Å². The predicted molar refractivity (Wildman–Crippen MR) is 150 cm³/mol. The fourth-order valence-corrected chi connectivity index (χ4v) is 5.76. The minimum absolute atomic E-state index is 0.0172. The highest BCUT2D eigenvalue weighted by atomic mass is 32.2. The van der Waals surface area contributed by atoms with Crippen LogP contribution in [0.5, 0.6) is 0 Å². The zero-order valence-electron chi connectivity index (χ0n) is 22.4. The van der Waals surface area contributed by atoms with E-state index in [9.17, 15) is 23.7 Å². The third-order valence-electron chi connectivity index (χ3n) is 7.15. The molecule has 4 N–H and O–H groups in total. The van der Waals surface area contributed by atoms with Gasteiger partial charge in [0.25, 0.3) is 0 Å². The van der Waals surface area contributed by atoms with Crippen LogP contribution in [0.2, 0.25) is 0 Å². The molecule has 6 atom stereocenters. The number of carbonyl (C=O) groups excluding carboxylic acids is 3. The van der Waals surface area contributed by atoms with Crippen LogP contribution in [-0.2, 0) is 25.4 Å². The molecule has 0 heterocycles. The Morgan fingerprint density at radius 2 is 1.97 bits per heavy atom. The van der Waals surface area contributed by atoms with Gasteiger partial charge in [0.15, 0.2) is 0 Å². The van der Waals surface area contributed by atoms with Gasteiger partial charge in [0.2, 0.25) is 11.8 Å². The molecule has 208 valence electrons. The van der Waals surface area contributed by atoms with Gasteiger partial charge in [-0.25, -0.2) is 8.93 Å². The van der Waals surface area contributed by atoms with Crippen LogP contribution in [0.15, 0.2) is 59.1 Å². The van der Waals surface area contributed by atoms with Crippen LogP contribution in [0.25, 0.3) is 0 Å². The van der Waals surface area contributed by atoms with Gasteiger partial charge in [0.05, 0.1) is 24.6 Å². The molecule has 0 saturated heterocycles. The predicted octanol–water partition coefficient (Wildman–Crippen LogP) is 2.91. The summed E-state index contributed by atoms with van der Waals surface area (Å²) < 4.78 is 15.5. The molecule has 2 amide bonds. The van der Waals surface area contributed by atoms with E-state index in [4.69, 9.17) is 0 Å². The van der Waals surface area contributed by atoms with E-state index in [0.717, 1.165) is 18.4 Å². The lowest BCUT2D eigenvalue weighted by molar-refractivity contribution is -0.130. The Morgan fingerprint density at radius 3 is 2.74 bits per heavy atom. The number of aliphatic hydroxyl groups is 1. The quantitative estimate of drug-likeness (QED) is 0.266. The first-order valence-electron chi connectivity index (χ1n) is 13.7. The first-order valence-corrected chi connectivity index (χ1v) is 14.8. The van der Waals surface area contributed by atoms with E-state index in [2.05, 4.69) is 28.4 Å². The lowest BCUT2D eigenvalue weighted by Crippen LogP contribution is -2.49. The Labute approximate surface area is 228 Å². The zero-order chi connectivity index (χ0) is 27.5. The molecule has 0 aromatic heterocycles. The minimum atomic E-state index is -1.60. The Morgan fingerprint density at radius 1 is 1.16 bits per heavy atom. The molecule has 3 aliphatic rings. The van der Waals surface area contributed by atoms with E-state index in [-0.39, 0.29) is 42.4 Å². The summed E-state index contributed by atoms with van der Waals surface area (Å²) in [5.74, 6) is -1.17. The van der Waals surface area contributed by atoms with Crippen LogP contribution in [0.1, 0.15) is 58.8 Å². The number of nitrogens with one attached hydrogen (secondary N) is 3. The minimum Gasteiger partial charge on any atom is -0.391 e. The summed E-state index contributed by atoms with van der Waals surface area (Å²) in [5.41, 5.74) is 0.871. The second-order valence-corrected chi connectivity index (χ2v) is 11.4. The van der Waals surface area contributed by atoms with E-state index >= 15 is 0 Å². The van der Waals surface area contributed by atoms with Crippen LogP contribution >= 0.6 is 0 Å². The number of aliphatic hydroxyl groups excluding tert-OH is 1. The Balaban J connectivity index is 1.47. The van der Waals surface area contributed by atoms with Gasteiger partial charge in [-0.05, 0) is 49.7 Å². The highest BCUT2D eigenvalue weighted by molar-refractivity contribution is 7.87. The van der Waals surface area contributed by atoms with Gasteiger partial charge in [0.1, 0.15) is 16.8 Å². The van der Waals surface area contributed by atoms with Crippen molar-refractivity contribution in [3.05, 3.63) is 59.1 Å². The molecule has 38 heavy (non-hydrogen) atoms. The van der Waals surface area contributed by atoms with E-state index in [0.29, 0.717) is 37.1 Å². The van der Waals surface area contributed by atoms with Gasteiger partial charge < -0.3 is 15.7 Å². The normalized spacial score (nSPS) is 25.9. The van der Waals surface area contributed by atoms with Crippen molar-refractivity contribution >= 4 is 28.6 Å². The average molecular weight is 544 g/mol. The molecule has 0 fully saturated rings. The maximum absolute atomic E-state index is 13.0. The molecular formula is C29H41N3O5S. The van der Waals surface area contributed by atoms with Crippen molar-refractivity contribution in [2.75, 3.05) is 13.1 Å². The van der Waals surface area contributed by atoms with E-state index in [1.165, 1.54) is 0 Å². The van der Waals surface area contributed by atoms with Gasteiger partial charge in [-0.1, -0.05) is 62.8 Å². The molecule has 0 radical (unpaired) electrons. The average Bonchev–Trinajstić information content (AvgIpc) is 3.27. The van der Waals surface area contributed by atoms with E-state index < -0.39 is 29.0 Å². The summed E-state index contributed by atoms with van der Waals surface area (Å²) in [6, 6.07) is -0.504. The summed E-state index contributed by atoms with van der Waals surface area (Å²) in [7, 11) is -1.60. The summed E-state index contributed by atoms with van der Waals surface area (Å²) in [4.78, 5) is 38.5. The molecular weight excluding hydrogens is 502 g/mol. The van der Waals surface area contributed by atoms with Crippen molar-refractivity contribution in [1.82, 2.24) is 15.4 Å². The summed E-state index contributed by atoms with van der Waals surface area (Å²) in [6.45, 7) is 4.44. The lowest BCUT2D eigenvalue weighted by atomic mass is 9.84. The molecule has 9 heteroatoms. The summed E-state index contributed by atoms with van der Waals surface area (Å²) in [6.07, 6.45) is 18.6. The van der Waals surface area contributed by atoms with Crippen molar-refractivity contribution in [3.63, 3.8) is 0 Å². The van der Waals surface area contributed by atoms with Gasteiger partial charge in [-0.15, -0.1) is 0 Å². The highest BCUT2D eigenvalue weighted by Crippen LogP contribution is 2.28. The van der Waals surface area contributed by atoms with Crippen LogP contribution in [0, 0.1) is 17.8 Å². The molecule has 0 spiro atoms. The van der Waals surface area contributed by atoms with Crippen molar-refractivity contribution in [1.29, 1.82) is 0 Å². The van der Waals surface area contributed by atoms with Crippen LogP contribution < -0.4 is 15.4 Å². The van der Waals surface area contributed by atoms with Gasteiger partial charge >= 0.3 is 0 Å². The first-order chi connectivity index (χ1) is 18.3. The number of fused-ring (bicyclic) bond motifs is 1. The van der Waals surface area contributed by atoms with Crippen LogP contribution in [0.3, 0.4) is 0 Å². The van der Waals surface area contributed by atoms with Crippen molar-refractivity contribution in [2.24, 2.45) is 17.8 Å². The molecule has 0 aromatic rings. The van der Waals surface area contributed by atoms with Crippen LogP contribution in [0.4, 0.5) is 0 Å². The number of hydrogen-bond donors (Lipinski definition) is 4. The van der Waals surface area contributed by atoms with Gasteiger partial charge in [-0.3, -0.25) is 14.4 Å². The van der Waals surface area contributed by atoms with E-state index in [1.54, 1.807) is 12.2 Å². The number of hydrogen-bond acceptors (Lipinski definition) is 5. The highest BCUT2D eigenvalue weighted by Gasteiger charge is 2.32. The topological polar surface area (TPSA) is 125 Å². The zero-order valence-corrected chi connectivity index (χ0v) is 23.2. The third kappa shape index (κ3) is 8.71. The standard InChI is InChI=1S/C29H41N3O5S/c1-3-5-15-30-28(35)22-11-8-12-25(14-13-22)38(37)31-19-24(33)18-21(4-2)29(36)32-27-23-10-7-6-9-20(16-23)17-26(27)34/h6-7,9-10,12-14,16,20-22,26-27,31,34H,3-5,8,11,15,17-19H2,1-2H3,(H,30,35)(H,32,36). The first kappa shape index (κ1) is 29.9. The number of unbranched alkanes of at least 4 members (excludes halogenated alkanes) is 1. The van der Waals surface area contributed by atoms with Crippen LogP contribution in [-0.4, -0.2) is 52.1 Å². The molecule has 0 aromatic carbocycles. The van der Waals surface area contributed by atoms with Gasteiger partial charge in [0, 0.05) is 23.8 Å². The monoisotopic (exact) mass is 543 g/mol. The fourth-order valence-electron chi connectivity index (χ4n) is 4.83. The van der Waals surface area contributed by atoms with Gasteiger partial charge in [-0.2, -0.15) is 0 Å². The second-order valence-electron chi connectivity index (χ2n) is 10.1. The smallest absolute Gasteiger partial charge is 0.226 e. The number of carbonyl (C=O) groups is 3. The lowest BCUT2D eigenvalue weighted by Gasteiger charge is -2.32. The Kier molecular flexibility index (Phi) is 11.9. The Bertz CT molecular complexity index is 1040. The molecule has 6 unspecified atom stereocenters. The Hall–Kier alpha value is -2.62. The maximum Gasteiger partial charge on any atom is 0.226 e. The number of Topliss-reactive ketones (excluding diaryl/α,β-unsaturated/α-hetero) is 1. The second kappa shape index (κ2) is 15.1. The molecule has 0 saturated carbocycles. The SMILES string of the molecule is CCCCNC(=O)C1C=CC(S(=O)NCC(=O)CC(CC)C(=O)NC2C3=CC(C=CC=C3)CC2O)=CCC1. The molecule has 2 bridgehead atoms. The van der Waals surface area contributed by atoms with Crippen molar-refractivity contribution < 1.29 is 23.7 Å². The van der Waals surface area contributed by atoms with Crippen molar-refractivity contribution in [2.45, 2.75) is 70.9 Å². The molecule has 8 nitrogen and oxygen atoms in total. The maximum atomic E-state index is 13.0. The number of amides is 2. The molecule has 0 aliphatic heterocycles. The number of allylic oxidation sites excluding steroid dienone is 6. The number of rotatable bonds is 13. The third-order valence-corrected chi connectivity index (χ3v) is 8.29. The molecule has 3 rings (SSSR count). The van der Waals surface area contributed by atoms with Crippen molar-refractivity contribution in [3.8, 4) is 0 Å². The largest absolute Gasteiger partial charge is 0.391 e. The fraction of sp³-hybridized carbons (Fsp3) is 0.552. The number of ketones is 1. The summed E-state index contributed by atoms with van der Waals surface area (Å²) >= 11 is 0. The summed E-state index contributed by atoms with van der Waals surface area (Å²) in [5, 5.41) is 16.5.